The van der Waals surface area contributed by atoms with Gasteiger partial charge < -0.3 is 9.64 Å². The summed E-state index contributed by atoms with van der Waals surface area (Å²) in [5.74, 6) is -0.897. The third-order valence-corrected chi connectivity index (χ3v) is 3.92. The zero-order valence-electron chi connectivity index (χ0n) is 11.2. The molecule has 19 heavy (non-hydrogen) atoms. The number of methoxy groups -OCH3 is 1. The van der Waals surface area contributed by atoms with Gasteiger partial charge >= 0.3 is 0 Å². The average Bonchev–Trinajstić information content (AvgIpc) is 2.60. The Kier molecular flexibility index (Phi) is 3.78. The van der Waals surface area contributed by atoms with Crippen LogP contribution < -0.4 is 4.90 Å². The minimum atomic E-state index is -0.458. The predicted octanol–water partition coefficient (Wildman–Crippen LogP) is 2.79. The van der Waals surface area contributed by atoms with Crippen molar-refractivity contribution < 1.29 is 14.3 Å². The van der Waals surface area contributed by atoms with Crippen LogP contribution in [0.3, 0.4) is 0 Å². The number of carbonyl (C=O) groups excluding carboxylic acids is 2. The summed E-state index contributed by atoms with van der Waals surface area (Å²) in [6.07, 6.45) is 0.665. The summed E-state index contributed by atoms with van der Waals surface area (Å²) >= 11 is 3.31. The topological polar surface area (TPSA) is 46.6 Å². The van der Waals surface area contributed by atoms with Gasteiger partial charge in [0.25, 0.3) is 11.7 Å². The standard InChI is InChI=1S/C14H16BrNO3/c1-14(2,19-3)6-7-16-11-5-4-9(15)8-10(11)12(17)13(16)18/h4-5,8H,6-7H2,1-3H3. The van der Waals surface area contributed by atoms with E-state index in [1.807, 2.05) is 19.9 Å². The van der Waals surface area contributed by atoms with Crippen molar-refractivity contribution in [1.29, 1.82) is 0 Å². The van der Waals surface area contributed by atoms with E-state index >= 15 is 0 Å². The van der Waals surface area contributed by atoms with E-state index in [0.717, 1.165) is 4.47 Å². The lowest BCUT2D eigenvalue weighted by Gasteiger charge is -2.26. The molecule has 1 heterocycles. The fourth-order valence-corrected chi connectivity index (χ4v) is 2.34. The molecule has 5 heteroatoms. The van der Waals surface area contributed by atoms with Gasteiger partial charge in [0.1, 0.15) is 0 Å². The molecule has 1 aromatic rings. The highest BCUT2D eigenvalue weighted by Crippen LogP contribution is 2.32. The molecule has 2 rings (SSSR count). The highest BCUT2D eigenvalue weighted by molar-refractivity contribution is 9.10. The summed E-state index contributed by atoms with van der Waals surface area (Å²) < 4.78 is 6.13. The molecular weight excluding hydrogens is 310 g/mol. The highest BCUT2D eigenvalue weighted by atomic mass is 79.9. The number of rotatable bonds is 4. The number of Topliss-reactive ketones (excluding diaryl/α,β-unsaturated/α-hetero) is 1. The number of ether oxygens (including phenoxy) is 1. The molecule has 0 aromatic heterocycles. The van der Waals surface area contributed by atoms with Crippen LogP contribution in [0.5, 0.6) is 0 Å². The summed E-state index contributed by atoms with van der Waals surface area (Å²) in [5.41, 5.74) is 0.834. The Hall–Kier alpha value is -1.20. The second-order valence-electron chi connectivity index (χ2n) is 5.16. The SMILES string of the molecule is COC(C)(C)CCN1C(=O)C(=O)c2cc(Br)ccc21. The number of hydrogen-bond acceptors (Lipinski definition) is 3. The number of amides is 1. The van der Waals surface area contributed by atoms with Gasteiger partial charge in [-0.15, -0.1) is 0 Å². The summed E-state index contributed by atoms with van der Waals surface area (Å²) in [6, 6.07) is 5.32. The molecule has 0 unspecified atom stereocenters. The summed E-state index contributed by atoms with van der Waals surface area (Å²) in [4.78, 5) is 25.4. The van der Waals surface area contributed by atoms with Gasteiger partial charge in [-0.25, -0.2) is 0 Å². The van der Waals surface area contributed by atoms with E-state index in [2.05, 4.69) is 15.9 Å². The summed E-state index contributed by atoms with van der Waals surface area (Å²) in [5, 5.41) is 0. The van der Waals surface area contributed by atoms with E-state index in [1.54, 1.807) is 19.2 Å². The van der Waals surface area contributed by atoms with Crippen LogP contribution in [0, 0.1) is 0 Å². The molecule has 0 aliphatic carbocycles. The molecule has 0 N–H and O–H groups in total. The van der Waals surface area contributed by atoms with Crippen LogP contribution >= 0.6 is 15.9 Å². The molecule has 0 radical (unpaired) electrons. The first kappa shape index (κ1) is 14.2. The van der Waals surface area contributed by atoms with Crippen molar-refractivity contribution in [2.24, 2.45) is 0 Å². The molecule has 0 saturated carbocycles. The number of nitrogens with zero attached hydrogens (tertiary/aromatic N) is 1. The Bertz CT molecular complexity index is 539. The maximum atomic E-state index is 12.0. The fraction of sp³-hybridized carbons (Fsp3) is 0.429. The molecule has 0 spiro atoms. The van der Waals surface area contributed by atoms with Gasteiger partial charge in [0.05, 0.1) is 16.9 Å². The second kappa shape index (κ2) is 5.06. The minimum Gasteiger partial charge on any atom is -0.379 e. The number of ketones is 1. The molecule has 1 aliphatic rings. The van der Waals surface area contributed by atoms with Crippen LogP contribution in [0.2, 0.25) is 0 Å². The Morgan fingerprint density at radius 1 is 1.32 bits per heavy atom. The van der Waals surface area contributed by atoms with Crippen LogP contribution in [0.15, 0.2) is 22.7 Å². The van der Waals surface area contributed by atoms with E-state index in [4.69, 9.17) is 4.74 Å². The Balaban J connectivity index is 2.24. The van der Waals surface area contributed by atoms with Crippen molar-refractivity contribution in [3.05, 3.63) is 28.2 Å². The smallest absolute Gasteiger partial charge is 0.299 e. The molecule has 1 aromatic carbocycles. The Morgan fingerprint density at radius 3 is 2.63 bits per heavy atom. The molecule has 1 amide bonds. The van der Waals surface area contributed by atoms with Crippen LogP contribution in [0.4, 0.5) is 5.69 Å². The van der Waals surface area contributed by atoms with Crippen molar-refractivity contribution >= 4 is 33.3 Å². The molecule has 0 atom stereocenters. The van der Waals surface area contributed by atoms with E-state index < -0.39 is 11.7 Å². The highest BCUT2D eigenvalue weighted by Gasteiger charge is 2.36. The minimum absolute atomic E-state index is 0.318. The number of hydrogen-bond donors (Lipinski definition) is 0. The molecule has 1 aliphatic heterocycles. The van der Waals surface area contributed by atoms with Gasteiger partial charge in [0.15, 0.2) is 0 Å². The molecular formula is C14H16BrNO3. The molecule has 0 saturated heterocycles. The maximum absolute atomic E-state index is 12.0. The average molecular weight is 326 g/mol. The van der Waals surface area contributed by atoms with Gasteiger partial charge in [-0.3, -0.25) is 9.59 Å². The first-order valence-corrected chi connectivity index (χ1v) is 6.86. The number of halogens is 1. The van der Waals surface area contributed by atoms with Crippen LogP contribution in [-0.4, -0.2) is 30.9 Å². The van der Waals surface area contributed by atoms with Gasteiger partial charge in [-0.2, -0.15) is 0 Å². The van der Waals surface area contributed by atoms with Gasteiger partial charge in [0, 0.05) is 18.1 Å². The molecule has 0 fully saturated rings. The molecule has 0 bridgehead atoms. The lowest BCUT2D eigenvalue weighted by atomic mass is 10.1. The fourth-order valence-electron chi connectivity index (χ4n) is 1.98. The van der Waals surface area contributed by atoms with E-state index in [-0.39, 0.29) is 5.60 Å². The molecule has 102 valence electrons. The van der Waals surface area contributed by atoms with E-state index in [9.17, 15) is 9.59 Å². The van der Waals surface area contributed by atoms with Crippen LogP contribution in [-0.2, 0) is 9.53 Å². The lowest BCUT2D eigenvalue weighted by molar-refractivity contribution is -0.114. The van der Waals surface area contributed by atoms with Crippen molar-refractivity contribution in [1.82, 2.24) is 0 Å². The van der Waals surface area contributed by atoms with Crippen molar-refractivity contribution in [3.63, 3.8) is 0 Å². The number of anilines is 1. The number of fused-ring (bicyclic) bond motifs is 1. The number of carbonyl (C=O) groups is 2. The summed E-state index contributed by atoms with van der Waals surface area (Å²) in [7, 11) is 1.64. The van der Waals surface area contributed by atoms with Crippen LogP contribution in [0.1, 0.15) is 30.6 Å². The zero-order valence-corrected chi connectivity index (χ0v) is 12.8. The number of benzene rings is 1. The monoisotopic (exact) mass is 325 g/mol. The normalized spacial score (nSPS) is 15.1. The molecule has 4 nitrogen and oxygen atoms in total. The first-order chi connectivity index (χ1) is 8.85. The Morgan fingerprint density at radius 2 is 2.00 bits per heavy atom. The Labute approximate surface area is 120 Å². The van der Waals surface area contributed by atoms with Crippen LogP contribution in [0.25, 0.3) is 0 Å². The zero-order chi connectivity index (χ0) is 14.2. The van der Waals surface area contributed by atoms with Crippen molar-refractivity contribution in [2.75, 3.05) is 18.6 Å². The predicted molar refractivity (Wildman–Crippen MR) is 76.5 cm³/mol. The maximum Gasteiger partial charge on any atom is 0.299 e. The third kappa shape index (κ3) is 2.72. The second-order valence-corrected chi connectivity index (χ2v) is 6.08. The van der Waals surface area contributed by atoms with Crippen molar-refractivity contribution in [3.8, 4) is 0 Å². The summed E-state index contributed by atoms with van der Waals surface area (Å²) in [6.45, 7) is 4.38. The third-order valence-electron chi connectivity index (χ3n) is 3.42. The first-order valence-electron chi connectivity index (χ1n) is 6.06. The van der Waals surface area contributed by atoms with Gasteiger partial charge in [-0.1, -0.05) is 15.9 Å². The van der Waals surface area contributed by atoms with E-state index in [1.165, 1.54) is 4.90 Å². The largest absolute Gasteiger partial charge is 0.379 e. The van der Waals surface area contributed by atoms with Crippen molar-refractivity contribution in [2.45, 2.75) is 25.9 Å². The van der Waals surface area contributed by atoms with Gasteiger partial charge in [0.2, 0.25) is 0 Å². The lowest BCUT2D eigenvalue weighted by Crippen LogP contribution is -2.35. The quantitative estimate of drug-likeness (QED) is 0.800. The van der Waals surface area contributed by atoms with Gasteiger partial charge in [-0.05, 0) is 38.5 Å². The van der Waals surface area contributed by atoms with E-state index in [0.29, 0.717) is 24.2 Å².